The number of carbonyl (C=O) groups is 1. The van der Waals surface area contributed by atoms with Gasteiger partial charge in [0.1, 0.15) is 5.01 Å². The highest BCUT2D eigenvalue weighted by molar-refractivity contribution is 7.92. The number of benzene rings is 1. The monoisotopic (exact) mass is 364 g/mol. The number of sulfonamides is 1. The van der Waals surface area contributed by atoms with E-state index >= 15 is 0 Å². The molecule has 0 aliphatic carbocycles. The van der Waals surface area contributed by atoms with Crippen LogP contribution in [0.5, 0.6) is 0 Å². The van der Waals surface area contributed by atoms with E-state index in [4.69, 9.17) is 0 Å². The molecule has 1 aromatic carbocycles. The van der Waals surface area contributed by atoms with Crippen molar-refractivity contribution in [2.45, 2.75) is 32.2 Å². The molecule has 0 bridgehead atoms. The number of rotatable bonds is 5. The first-order chi connectivity index (χ1) is 11.3. The Morgan fingerprint density at radius 3 is 2.79 bits per heavy atom. The fraction of sp³-hybridized carbons (Fsp3) is 0.267. The SMILES string of the molecule is CCc1nn2c(S(=O)(=O)Nc3cccc(C(C)=O)c3)c(C)nc2s1. The second kappa shape index (κ2) is 5.99. The second-order valence-electron chi connectivity index (χ2n) is 5.29. The molecule has 0 atom stereocenters. The number of Topliss-reactive ketones (excluding diaryl/α,β-unsaturated/α-hetero) is 1. The van der Waals surface area contributed by atoms with E-state index in [9.17, 15) is 13.2 Å². The number of hydrogen-bond donors (Lipinski definition) is 1. The summed E-state index contributed by atoms with van der Waals surface area (Å²) < 4.78 is 29.4. The van der Waals surface area contributed by atoms with Crippen LogP contribution in [0.15, 0.2) is 29.3 Å². The number of aryl methyl sites for hydroxylation is 2. The van der Waals surface area contributed by atoms with Gasteiger partial charge in [-0.3, -0.25) is 9.52 Å². The number of aromatic nitrogens is 3. The molecule has 0 aliphatic heterocycles. The first kappa shape index (κ1) is 16.6. The zero-order valence-electron chi connectivity index (χ0n) is 13.4. The van der Waals surface area contributed by atoms with E-state index in [1.165, 1.54) is 28.8 Å². The van der Waals surface area contributed by atoms with E-state index in [1.807, 2.05) is 6.92 Å². The van der Waals surface area contributed by atoms with Crippen molar-refractivity contribution in [2.24, 2.45) is 0 Å². The van der Waals surface area contributed by atoms with E-state index in [1.54, 1.807) is 25.1 Å². The third kappa shape index (κ3) is 2.92. The average molecular weight is 364 g/mol. The van der Waals surface area contributed by atoms with Gasteiger partial charge in [0.2, 0.25) is 9.99 Å². The minimum absolute atomic E-state index is 0.0154. The van der Waals surface area contributed by atoms with Gasteiger partial charge in [0.05, 0.1) is 5.69 Å². The quantitative estimate of drug-likeness (QED) is 0.703. The summed E-state index contributed by atoms with van der Waals surface area (Å²) in [5.41, 5.74) is 1.14. The van der Waals surface area contributed by atoms with Crippen molar-refractivity contribution in [2.75, 3.05) is 4.72 Å². The van der Waals surface area contributed by atoms with Crippen LogP contribution < -0.4 is 4.72 Å². The van der Waals surface area contributed by atoms with E-state index in [2.05, 4.69) is 14.8 Å². The predicted octanol–water partition coefficient (Wildman–Crippen LogP) is 2.67. The van der Waals surface area contributed by atoms with Crippen LogP contribution in [0.1, 0.15) is 34.9 Å². The number of nitrogens with one attached hydrogen (secondary N) is 1. The van der Waals surface area contributed by atoms with Gasteiger partial charge in [0.15, 0.2) is 5.78 Å². The lowest BCUT2D eigenvalue weighted by Crippen LogP contribution is -2.17. The van der Waals surface area contributed by atoms with Crippen molar-refractivity contribution < 1.29 is 13.2 Å². The van der Waals surface area contributed by atoms with Crippen LogP contribution in [-0.2, 0) is 16.4 Å². The molecule has 0 saturated carbocycles. The Morgan fingerprint density at radius 2 is 2.12 bits per heavy atom. The summed E-state index contributed by atoms with van der Waals surface area (Å²) in [7, 11) is -3.88. The van der Waals surface area contributed by atoms with Gasteiger partial charge in [-0.15, -0.1) is 0 Å². The van der Waals surface area contributed by atoms with Gasteiger partial charge in [-0.05, 0) is 32.4 Å². The Bertz CT molecular complexity index is 1030. The molecule has 126 valence electrons. The minimum atomic E-state index is -3.88. The normalized spacial score (nSPS) is 11.8. The first-order valence-corrected chi connectivity index (χ1v) is 9.60. The lowest BCUT2D eigenvalue weighted by molar-refractivity contribution is 0.101. The molecule has 0 radical (unpaired) electrons. The highest BCUT2D eigenvalue weighted by atomic mass is 32.2. The lowest BCUT2D eigenvalue weighted by atomic mass is 10.1. The maximum atomic E-state index is 12.8. The van der Waals surface area contributed by atoms with Crippen molar-refractivity contribution in [3.05, 3.63) is 40.5 Å². The van der Waals surface area contributed by atoms with E-state index in [0.29, 0.717) is 28.3 Å². The number of ketones is 1. The number of imidazole rings is 1. The third-order valence-electron chi connectivity index (χ3n) is 3.45. The summed E-state index contributed by atoms with van der Waals surface area (Å²) in [6, 6.07) is 6.36. The summed E-state index contributed by atoms with van der Waals surface area (Å²) in [6.07, 6.45) is 0.709. The number of nitrogens with zero attached hydrogens (tertiary/aromatic N) is 3. The molecule has 1 N–H and O–H groups in total. The molecule has 0 saturated heterocycles. The summed E-state index contributed by atoms with van der Waals surface area (Å²) in [6.45, 7) is 5.01. The zero-order valence-corrected chi connectivity index (χ0v) is 15.0. The molecule has 2 aromatic heterocycles. The summed E-state index contributed by atoms with van der Waals surface area (Å²) >= 11 is 1.36. The fourth-order valence-electron chi connectivity index (χ4n) is 2.33. The van der Waals surface area contributed by atoms with Crippen LogP contribution in [0.4, 0.5) is 5.69 Å². The molecular weight excluding hydrogens is 348 g/mol. The number of anilines is 1. The highest BCUT2D eigenvalue weighted by Gasteiger charge is 2.25. The fourth-order valence-corrected chi connectivity index (χ4v) is 4.59. The molecule has 3 rings (SSSR count). The molecular formula is C15H16N4O3S2. The Morgan fingerprint density at radius 1 is 1.38 bits per heavy atom. The number of fused-ring (bicyclic) bond motifs is 1. The van der Waals surface area contributed by atoms with E-state index in [0.717, 1.165) is 5.01 Å². The third-order valence-corrected chi connectivity index (χ3v) is 5.98. The van der Waals surface area contributed by atoms with Crippen molar-refractivity contribution >= 4 is 37.8 Å². The van der Waals surface area contributed by atoms with Crippen molar-refractivity contribution in [3.8, 4) is 0 Å². The predicted molar refractivity (Wildman–Crippen MR) is 92.2 cm³/mol. The van der Waals surface area contributed by atoms with Crippen LogP contribution in [0.25, 0.3) is 4.96 Å². The molecule has 9 heteroatoms. The Labute approximate surface area is 143 Å². The molecule has 0 amide bonds. The standard InChI is InChI=1S/C15H16N4O3S2/c1-4-13-17-19-14(9(2)16-15(19)23-13)24(21,22)18-12-7-5-6-11(8-12)10(3)20/h5-8,18H,4H2,1-3H3. The summed E-state index contributed by atoms with van der Waals surface area (Å²) in [5.74, 6) is -0.133. The summed E-state index contributed by atoms with van der Waals surface area (Å²) in [4.78, 5) is 16.3. The van der Waals surface area contributed by atoms with Crippen molar-refractivity contribution in [3.63, 3.8) is 0 Å². The second-order valence-corrected chi connectivity index (χ2v) is 7.93. The molecule has 7 nitrogen and oxygen atoms in total. The lowest BCUT2D eigenvalue weighted by Gasteiger charge is -2.08. The average Bonchev–Trinajstić information content (AvgIpc) is 3.02. The first-order valence-electron chi connectivity index (χ1n) is 7.30. The molecule has 24 heavy (non-hydrogen) atoms. The molecule has 0 aliphatic rings. The number of hydrogen-bond acceptors (Lipinski definition) is 6. The van der Waals surface area contributed by atoms with Crippen LogP contribution >= 0.6 is 11.3 Å². The van der Waals surface area contributed by atoms with Crippen LogP contribution in [0.2, 0.25) is 0 Å². The van der Waals surface area contributed by atoms with E-state index in [-0.39, 0.29) is 10.8 Å². The molecule has 0 unspecified atom stereocenters. The molecule has 0 spiro atoms. The Balaban J connectivity index is 2.05. The van der Waals surface area contributed by atoms with Crippen LogP contribution in [0, 0.1) is 6.92 Å². The van der Waals surface area contributed by atoms with Crippen molar-refractivity contribution in [1.82, 2.24) is 14.6 Å². The zero-order chi connectivity index (χ0) is 17.5. The molecule has 0 fully saturated rings. The van der Waals surface area contributed by atoms with Gasteiger partial charge in [-0.25, -0.2) is 4.98 Å². The smallest absolute Gasteiger partial charge is 0.281 e. The van der Waals surface area contributed by atoms with Gasteiger partial charge in [0, 0.05) is 11.3 Å². The van der Waals surface area contributed by atoms with Gasteiger partial charge in [0.25, 0.3) is 10.0 Å². The number of carbonyl (C=O) groups excluding carboxylic acids is 1. The topological polar surface area (TPSA) is 93.4 Å². The summed E-state index contributed by atoms with van der Waals surface area (Å²) in [5, 5.41) is 5.13. The Hall–Kier alpha value is -2.26. The Kier molecular flexibility index (Phi) is 4.14. The maximum absolute atomic E-state index is 12.8. The van der Waals surface area contributed by atoms with Gasteiger partial charge < -0.3 is 0 Å². The van der Waals surface area contributed by atoms with Crippen LogP contribution in [0.3, 0.4) is 0 Å². The van der Waals surface area contributed by atoms with Gasteiger partial charge in [-0.1, -0.05) is 30.4 Å². The van der Waals surface area contributed by atoms with Gasteiger partial charge >= 0.3 is 0 Å². The van der Waals surface area contributed by atoms with Gasteiger partial charge in [-0.2, -0.15) is 18.0 Å². The van der Waals surface area contributed by atoms with E-state index < -0.39 is 10.0 Å². The molecule has 3 aromatic rings. The highest BCUT2D eigenvalue weighted by Crippen LogP contribution is 2.24. The minimum Gasteiger partial charge on any atom is -0.295 e. The maximum Gasteiger partial charge on any atom is 0.281 e. The molecule has 2 heterocycles. The van der Waals surface area contributed by atoms with Crippen molar-refractivity contribution in [1.29, 1.82) is 0 Å². The largest absolute Gasteiger partial charge is 0.295 e. The van der Waals surface area contributed by atoms with Crippen LogP contribution in [-0.4, -0.2) is 28.8 Å².